The maximum Gasteiger partial charge on any atom is 0.257 e. The number of methoxy groups -OCH3 is 1. The van der Waals surface area contributed by atoms with Gasteiger partial charge in [-0.1, -0.05) is 18.2 Å². The topological polar surface area (TPSA) is 56.1 Å². The Balaban J connectivity index is 1.55. The number of fused-ring (bicyclic) bond motifs is 1. The third-order valence-electron chi connectivity index (χ3n) is 5.54. The van der Waals surface area contributed by atoms with Gasteiger partial charge in [-0.05, 0) is 55.5 Å². The summed E-state index contributed by atoms with van der Waals surface area (Å²) in [6.45, 7) is 4.03. The summed E-state index contributed by atoms with van der Waals surface area (Å²) in [5.74, 6) is 0.848. The summed E-state index contributed by atoms with van der Waals surface area (Å²) in [4.78, 5) is 15.4. The van der Waals surface area contributed by atoms with Crippen LogP contribution in [0.3, 0.4) is 0 Å². The molecular formula is C23H27N3O3. The molecule has 0 radical (unpaired) electrons. The van der Waals surface area contributed by atoms with Crippen LogP contribution in [0.4, 0.5) is 0 Å². The van der Waals surface area contributed by atoms with Gasteiger partial charge in [0.15, 0.2) is 0 Å². The van der Waals surface area contributed by atoms with Crippen LogP contribution in [-0.2, 0) is 11.2 Å². The van der Waals surface area contributed by atoms with E-state index in [1.54, 1.807) is 17.8 Å². The molecule has 6 nitrogen and oxygen atoms in total. The Bertz CT molecular complexity index is 975. The van der Waals surface area contributed by atoms with E-state index < -0.39 is 0 Å². The molecule has 0 saturated carbocycles. The van der Waals surface area contributed by atoms with Crippen LogP contribution in [0.5, 0.6) is 5.75 Å². The van der Waals surface area contributed by atoms with Crippen molar-refractivity contribution in [1.29, 1.82) is 0 Å². The number of hydrogen-bond acceptors (Lipinski definition) is 4. The van der Waals surface area contributed by atoms with Crippen molar-refractivity contribution in [3.63, 3.8) is 0 Å². The molecule has 0 N–H and O–H groups in total. The molecule has 3 aromatic rings. The molecule has 1 unspecified atom stereocenters. The quantitative estimate of drug-likeness (QED) is 0.616. The number of pyridine rings is 1. The second-order valence-corrected chi connectivity index (χ2v) is 7.53. The van der Waals surface area contributed by atoms with Crippen LogP contribution >= 0.6 is 0 Å². The number of carbonyl (C=O) groups excluding carboxylic acids is 1. The molecule has 1 aromatic carbocycles. The number of carbonyl (C=O) groups is 1. The lowest BCUT2D eigenvalue weighted by Crippen LogP contribution is -2.38. The molecule has 3 heterocycles. The molecule has 2 aromatic heterocycles. The Kier molecular flexibility index (Phi) is 5.81. The van der Waals surface area contributed by atoms with Gasteiger partial charge < -0.3 is 14.4 Å². The zero-order valence-electron chi connectivity index (χ0n) is 17.0. The lowest BCUT2D eigenvalue weighted by Gasteiger charge is -2.25. The van der Waals surface area contributed by atoms with Crippen molar-refractivity contribution >= 4 is 11.4 Å². The number of aryl methyl sites for hydroxylation is 1. The van der Waals surface area contributed by atoms with E-state index in [9.17, 15) is 4.79 Å². The number of nitrogens with zero attached hydrogens (tertiary/aromatic N) is 3. The van der Waals surface area contributed by atoms with Crippen molar-refractivity contribution in [2.75, 3.05) is 26.8 Å². The lowest BCUT2D eigenvalue weighted by molar-refractivity contribution is 0.0530. The molecule has 0 bridgehead atoms. The van der Waals surface area contributed by atoms with Crippen LogP contribution < -0.4 is 4.74 Å². The average Bonchev–Trinajstić information content (AvgIpc) is 3.41. The molecule has 152 valence electrons. The van der Waals surface area contributed by atoms with Crippen molar-refractivity contribution in [3.05, 3.63) is 65.5 Å². The predicted octanol–water partition coefficient (Wildman–Crippen LogP) is 3.52. The number of amides is 1. The van der Waals surface area contributed by atoms with Crippen LogP contribution in [0.1, 0.15) is 34.3 Å². The van der Waals surface area contributed by atoms with E-state index in [0.29, 0.717) is 18.7 Å². The zero-order valence-corrected chi connectivity index (χ0v) is 17.0. The summed E-state index contributed by atoms with van der Waals surface area (Å²) >= 11 is 0. The van der Waals surface area contributed by atoms with Crippen molar-refractivity contribution < 1.29 is 14.3 Å². The molecule has 0 aliphatic carbocycles. The van der Waals surface area contributed by atoms with Crippen molar-refractivity contribution in [1.82, 2.24) is 14.5 Å². The molecular weight excluding hydrogens is 366 g/mol. The average molecular weight is 393 g/mol. The van der Waals surface area contributed by atoms with Gasteiger partial charge in [0.05, 0.1) is 30.5 Å². The third kappa shape index (κ3) is 4.27. The highest BCUT2D eigenvalue weighted by Gasteiger charge is 2.25. The molecule has 1 amide bonds. The minimum absolute atomic E-state index is 0.0123. The van der Waals surface area contributed by atoms with Crippen molar-refractivity contribution in [2.45, 2.75) is 32.3 Å². The van der Waals surface area contributed by atoms with E-state index in [-0.39, 0.29) is 12.0 Å². The fourth-order valence-corrected chi connectivity index (χ4v) is 3.91. The minimum Gasteiger partial charge on any atom is -0.497 e. The Hall–Kier alpha value is -2.86. The van der Waals surface area contributed by atoms with Crippen LogP contribution in [0, 0.1) is 6.92 Å². The number of aromatic nitrogens is 2. The van der Waals surface area contributed by atoms with E-state index in [1.165, 1.54) is 5.56 Å². The van der Waals surface area contributed by atoms with Crippen LogP contribution in [0.2, 0.25) is 0 Å². The normalized spacial score (nSPS) is 16.3. The van der Waals surface area contributed by atoms with Crippen LogP contribution in [-0.4, -0.2) is 53.3 Å². The highest BCUT2D eigenvalue weighted by atomic mass is 16.5. The van der Waals surface area contributed by atoms with E-state index in [4.69, 9.17) is 9.47 Å². The van der Waals surface area contributed by atoms with Gasteiger partial charge in [-0.15, -0.1) is 0 Å². The van der Waals surface area contributed by atoms with Gasteiger partial charge in [-0.2, -0.15) is 5.10 Å². The molecule has 6 heteroatoms. The fourth-order valence-electron chi connectivity index (χ4n) is 3.91. The molecule has 1 aliphatic heterocycles. The third-order valence-corrected chi connectivity index (χ3v) is 5.54. The smallest absolute Gasteiger partial charge is 0.257 e. The number of hydrogen-bond donors (Lipinski definition) is 0. The number of ether oxygens (including phenoxy) is 2. The minimum atomic E-state index is 0.0123. The first-order chi connectivity index (χ1) is 14.2. The molecule has 1 atom stereocenters. The highest BCUT2D eigenvalue weighted by Crippen LogP contribution is 2.20. The van der Waals surface area contributed by atoms with Gasteiger partial charge in [-0.25, -0.2) is 4.52 Å². The maximum atomic E-state index is 13.5. The van der Waals surface area contributed by atoms with Gasteiger partial charge in [0.2, 0.25) is 0 Å². The van der Waals surface area contributed by atoms with Gasteiger partial charge in [0, 0.05) is 25.9 Å². The second kappa shape index (κ2) is 8.66. The Morgan fingerprint density at radius 2 is 2.14 bits per heavy atom. The van der Waals surface area contributed by atoms with E-state index in [1.807, 2.05) is 54.4 Å². The Labute approximate surface area is 171 Å². The zero-order chi connectivity index (χ0) is 20.2. The van der Waals surface area contributed by atoms with Crippen LogP contribution in [0.15, 0.2) is 48.8 Å². The molecule has 29 heavy (non-hydrogen) atoms. The molecule has 1 fully saturated rings. The second-order valence-electron chi connectivity index (χ2n) is 7.53. The van der Waals surface area contributed by atoms with E-state index >= 15 is 0 Å². The van der Waals surface area contributed by atoms with Gasteiger partial charge in [0.25, 0.3) is 5.91 Å². The summed E-state index contributed by atoms with van der Waals surface area (Å²) in [6.07, 6.45) is 6.50. The summed E-state index contributed by atoms with van der Waals surface area (Å²) in [5, 5.41) is 4.38. The van der Waals surface area contributed by atoms with Gasteiger partial charge in [0.1, 0.15) is 5.75 Å². The van der Waals surface area contributed by atoms with Gasteiger partial charge >= 0.3 is 0 Å². The number of rotatable bonds is 7. The summed E-state index contributed by atoms with van der Waals surface area (Å²) in [5.41, 5.74) is 3.74. The van der Waals surface area contributed by atoms with Crippen molar-refractivity contribution in [2.24, 2.45) is 0 Å². The maximum absolute atomic E-state index is 13.5. The SMILES string of the molecule is COc1ccc(CCN(CC2CCCO2)C(=O)c2cnn3cccc(C)c23)cc1. The summed E-state index contributed by atoms with van der Waals surface area (Å²) < 4.78 is 12.8. The summed E-state index contributed by atoms with van der Waals surface area (Å²) in [7, 11) is 1.66. The van der Waals surface area contributed by atoms with Gasteiger partial charge in [-0.3, -0.25) is 4.79 Å². The predicted molar refractivity (Wildman–Crippen MR) is 112 cm³/mol. The molecule has 1 saturated heterocycles. The first kappa shape index (κ1) is 19.5. The number of benzene rings is 1. The Morgan fingerprint density at radius 1 is 1.31 bits per heavy atom. The fraction of sp³-hybridized carbons (Fsp3) is 0.391. The lowest BCUT2D eigenvalue weighted by atomic mass is 10.1. The summed E-state index contributed by atoms with van der Waals surface area (Å²) in [6, 6.07) is 12.0. The molecule has 0 spiro atoms. The largest absolute Gasteiger partial charge is 0.497 e. The van der Waals surface area contributed by atoms with E-state index in [0.717, 1.165) is 42.7 Å². The first-order valence-corrected chi connectivity index (χ1v) is 10.1. The monoisotopic (exact) mass is 393 g/mol. The standard InChI is InChI=1S/C23H27N3O3/c1-17-5-3-12-26-22(17)21(15-24-26)23(27)25(16-20-6-4-14-29-20)13-11-18-7-9-19(28-2)10-8-18/h3,5,7-10,12,15,20H,4,6,11,13-14,16H2,1-2H3. The van der Waals surface area contributed by atoms with Crippen LogP contribution in [0.25, 0.3) is 5.52 Å². The van der Waals surface area contributed by atoms with Crippen molar-refractivity contribution in [3.8, 4) is 5.75 Å². The Morgan fingerprint density at radius 3 is 2.86 bits per heavy atom. The highest BCUT2D eigenvalue weighted by molar-refractivity contribution is 6.01. The van der Waals surface area contributed by atoms with E-state index in [2.05, 4.69) is 5.10 Å². The molecule has 1 aliphatic rings. The first-order valence-electron chi connectivity index (χ1n) is 10.1. The molecule has 4 rings (SSSR count).